The SMILES string of the molecule is N=[N+]=C1C=C(S(=O)(=O)O)c2ccccc2C1=O.[Cl-]. The summed E-state index contributed by atoms with van der Waals surface area (Å²) in [7, 11) is -4.46. The van der Waals surface area contributed by atoms with Gasteiger partial charge in [-0.1, -0.05) is 24.3 Å². The van der Waals surface area contributed by atoms with Crippen molar-refractivity contribution in [1.82, 2.24) is 0 Å². The van der Waals surface area contributed by atoms with Gasteiger partial charge in [-0.15, -0.1) is 0 Å². The number of carbonyl (C=O) groups excluding carboxylic acids is 1. The summed E-state index contributed by atoms with van der Waals surface area (Å²) in [6.45, 7) is 0. The van der Waals surface area contributed by atoms with E-state index in [1.165, 1.54) is 12.1 Å². The molecule has 2 N–H and O–H groups in total. The first kappa shape index (κ1) is 14.3. The third-order valence-electron chi connectivity index (χ3n) is 2.34. The van der Waals surface area contributed by atoms with Gasteiger partial charge in [0.15, 0.2) is 0 Å². The summed E-state index contributed by atoms with van der Waals surface area (Å²) in [6.07, 6.45) is 0.896. The van der Waals surface area contributed by atoms with Crippen LogP contribution in [-0.4, -0.2) is 29.3 Å². The van der Waals surface area contributed by atoms with Gasteiger partial charge >= 0.3 is 5.71 Å². The molecule has 1 aromatic rings. The molecule has 0 unspecified atom stereocenters. The van der Waals surface area contributed by atoms with Gasteiger partial charge in [0, 0.05) is 11.1 Å². The summed E-state index contributed by atoms with van der Waals surface area (Å²) in [5.74, 6) is -0.539. The molecule has 0 saturated carbocycles. The Bertz CT molecular complexity index is 702. The van der Waals surface area contributed by atoms with Crippen LogP contribution in [0.2, 0.25) is 0 Å². The first-order chi connectivity index (χ1) is 7.95. The molecule has 1 aromatic carbocycles. The van der Waals surface area contributed by atoms with Crippen LogP contribution in [0.3, 0.4) is 0 Å². The summed E-state index contributed by atoms with van der Waals surface area (Å²) in [5, 5.41) is 0. The number of hydrogen-bond donors (Lipinski definition) is 2. The quantitative estimate of drug-likeness (QED) is 0.347. The topological polar surface area (TPSA) is 109 Å². The maximum Gasteiger partial charge on any atom is 0.413 e. The molecule has 1 aliphatic carbocycles. The number of allylic oxidation sites excluding steroid dienone is 1. The molecule has 18 heavy (non-hydrogen) atoms. The number of halogens is 1. The Morgan fingerprint density at radius 2 is 1.72 bits per heavy atom. The van der Waals surface area contributed by atoms with Crippen molar-refractivity contribution in [2.45, 2.75) is 0 Å². The van der Waals surface area contributed by atoms with Crippen molar-refractivity contribution in [2.24, 2.45) is 0 Å². The molecule has 8 heteroatoms. The first-order valence-corrected chi connectivity index (χ1v) is 5.97. The van der Waals surface area contributed by atoms with Gasteiger partial charge in [-0.25, -0.2) is 0 Å². The Kier molecular flexibility index (Phi) is 3.83. The lowest BCUT2D eigenvalue weighted by atomic mass is 9.95. The molecule has 0 aromatic heterocycles. The summed E-state index contributed by atoms with van der Waals surface area (Å²) in [6, 6.07) is 5.94. The number of benzene rings is 1. The fraction of sp³-hybridized carbons (Fsp3) is 0. The van der Waals surface area contributed by atoms with Crippen molar-refractivity contribution < 1.29 is 35.0 Å². The van der Waals surface area contributed by atoms with Crippen molar-refractivity contribution in [3.63, 3.8) is 0 Å². The van der Waals surface area contributed by atoms with Gasteiger partial charge in [-0.3, -0.25) is 9.35 Å². The van der Waals surface area contributed by atoms with Gasteiger partial charge in [-0.2, -0.15) is 8.42 Å². The molecule has 0 saturated heterocycles. The predicted molar refractivity (Wildman–Crippen MR) is 58.3 cm³/mol. The van der Waals surface area contributed by atoms with E-state index in [0.29, 0.717) is 0 Å². The molecule has 6 nitrogen and oxygen atoms in total. The van der Waals surface area contributed by atoms with Crippen LogP contribution >= 0.6 is 0 Å². The van der Waals surface area contributed by atoms with E-state index in [1.54, 1.807) is 12.1 Å². The average molecular weight is 287 g/mol. The summed E-state index contributed by atoms with van der Waals surface area (Å²) >= 11 is 0. The Hall–Kier alpha value is -1.79. The fourth-order valence-corrected chi connectivity index (χ4v) is 2.31. The molecule has 0 spiro atoms. The zero-order valence-electron chi connectivity index (χ0n) is 8.79. The van der Waals surface area contributed by atoms with Crippen LogP contribution < -0.4 is 12.4 Å². The third-order valence-corrected chi connectivity index (χ3v) is 3.23. The maximum atomic E-state index is 11.7. The largest absolute Gasteiger partial charge is 1.00 e. The van der Waals surface area contributed by atoms with Crippen LogP contribution in [0, 0.1) is 5.53 Å². The van der Waals surface area contributed by atoms with E-state index >= 15 is 0 Å². The number of ketones is 1. The van der Waals surface area contributed by atoms with E-state index in [4.69, 9.17) is 10.1 Å². The molecule has 0 heterocycles. The second-order valence-electron chi connectivity index (χ2n) is 3.36. The molecule has 2 rings (SSSR count). The van der Waals surface area contributed by atoms with E-state index in [0.717, 1.165) is 6.08 Å². The highest BCUT2D eigenvalue weighted by Crippen LogP contribution is 2.28. The summed E-state index contributed by atoms with van der Waals surface area (Å²) < 4.78 is 31.4. The van der Waals surface area contributed by atoms with Crippen molar-refractivity contribution in [2.75, 3.05) is 0 Å². The molecular formula is C10H7ClN2O4S. The van der Waals surface area contributed by atoms with Crippen LogP contribution in [0.25, 0.3) is 4.91 Å². The Morgan fingerprint density at radius 3 is 2.22 bits per heavy atom. The second kappa shape index (κ2) is 4.83. The van der Waals surface area contributed by atoms with E-state index in [1.807, 2.05) is 0 Å². The lowest BCUT2D eigenvalue weighted by Crippen LogP contribution is -3.00. The van der Waals surface area contributed by atoms with Gasteiger partial charge < -0.3 is 12.4 Å². The number of Topliss-reactive ketones (excluding diaryl/α,β-unsaturated/α-hetero) is 1. The molecule has 0 fully saturated rings. The van der Waals surface area contributed by atoms with Crippen LogP contribution in [0.4, 0.5) is 0 Å². The van der Waals surface area contributed by atoms with Gasteiger partial charge in [0.2, 0.25) is 0 Å². The minimum Gasteiger partial charge on any atom is -1.00 e. The normalized spacial score (nSPS) is 14.2. The molecule has 0 atom stereocenters. The second-order valence-corrected chi connectivity index (χ2v) is 4.75. The fourth-order valence-electron chi connectivity index (χ4n) is 1.60. The highest BCUT2D eigenvalue weighted by Gasteiger charge is 2.35. The number of nitrogens with one attached hydrogen (secondary N) is 1. The summed E-state index contributed by atoms with van der Waals surface area (Å²) in [5.41, 5.74) is 6.71. The minimum absolute atomic E-state index is 0. The zero-order valence-corrected chi connectivity index (χ0v) is 10.4. The summed E-state index contributed by atoms with van der Waals surface area (Å²) in [4.78, 5) is 14.3. The Balaban J connectivity index is 0.00000162. The number of hydrogen-bond acceptors (Lipinski definition) is 4. The predicted octanol–water partition coefficient (Wildman–Crippen LogP) is -2.20. The smallest absolute Gasteiger partial charge is 0.413 e. The number of fused-ring (bicyclic) bond motifs is 1. The molecule has 0 amide bonds. The molecule has 1 aliphatic rings. The van der Waals surface area contributed by atoms with E-state index in [2.05, 4.69) is 4.79 Å². The van der Waals surface area contributed by atoms with E-state index < -0.39 is 20.8 Å². The Labute approximate surface area is 109 Å². The van der Waals surface area contributed by atoms with E-state index in [-0.39, 0.29) is 29.2 Å². The lowest BCUT2D eigenvalue weighted by Gasteiger charge is -2.10. The molecule has 0 aliphatic heterocycles. The molecular weight excluding hydrogens is 280 g/mol. The highest BCUT2D eigenvalue weighted by atomic mass is 35.5. The zero-order chi connectivity index (χ0) is 12.6. The first-order valence-electron chi connectivity index (χ1n) is 4.53. The van der Waals surface area contributed by atoms with Crippen molar-refractivity contribution in [3.8, 4) is 0 Å². The molecule has 0 bridgehead atoms. The van der Waals surface area contributed by atoms with Gasteiger partial charge in [0.25, 0.3) is 15.9 Å². The van der Waals surface area contributed by atoms with E-state index in [9.17, 15) is 13.2 Å². The van der Waals surface area contributed by atoms with Crippen LogP contribution in [0.5, 0.6) is 0 Å². The number of carbonyl (C=O) groups is 1. The van der Waals surface area contributed by atoms with Gasteiger partial charge in [0.05, 0.1) is 16.4 Å². The third kappa shape index (κ3) is 2.25. The van der Waals surface area contributed by atoms with Crippen molar-refractivity contribution >= 4 is 26.5 Å². The molecule has 94 valence electrons. The number of rotatable bonds is 1. The van der Waals surface area contributed by atoms with Crippen LogP contribution in [-0.2, 0) is 10.1 Å². The standard InChI is InChI=1S/C10H6N2O4S.ClH/c11-12-8-5-9(17(14,15)16)6-3-1-2-4-7(6)10(8)13;/h1-5,11H;1H. The Morgan fingerprint density at radius 1 is 1.17 bits per heavy atom. The molecule has 0 radical (unpaired) electrons. The van der Waals surface area contributed by atoms with Gasteiger partial charge in [-0.05, 0) is 0 Å². The number of nitrogens with zero attached hydrogens (tertiary/aromatic N) is 1. The monoisotopic (exact) mass is 286 g/mol. The average Bonchev–Trinajstić information content (AvgIpc) is 2.28. The van der Waals surface area contributed by atoms with Crippen molar-refractivity contribution in [1.29, 1.82) is 5.53 Å². The lowest BCUT2D eigenvalue weighted by molar-refractivity contribution is -0.117. The van der Waals surface area contributed by atoms with Gasteiger partial charge in [0.1, 0.15) is 4.91 Å². The maximum absolute atomic E-state index is 11.7. The van der Waals surface area contributed by atoms with Crippen LogP contribution in [0.15, 0.2) is 30.3 Å². The van der Waals surface area contributed by atoms with Crippen LogP contribution in [0.1, 0.15) is 15.9 Å². The minimum atomic E-state index is -4.46. The highest BCUT2D eigenvalue weighted by molar-refractivity contribution is 7.95. The van der Waals surface area contributed by atoms with Crippen molar-refractivity contribution in [3.05, 3.63) is 41.5 Å².